The number of hydrogen-bond acceptors (Lipinski definition) is 3. The summed E-state index contributed by atoms with van der Waals surface area (Å²) in [6.45, 7) is 0.0426. The highest BCUT2D eigenvalue weighted by Crippen LogP contribution is 2.10. The van der Waals surface area contributed by atoms with Gasteiger partial charge in [0.25, 0.3) is 0 Å². The summed E-state index contributed by atoms with van der Waals surface area (Å²) in [5.74, 6) is 0. The minimum atomic E-state index is -1.05. The predicted octanol–water partition coefficient (Wildman–Crippen LogP) is 0.000800. The van der Waals surface area contributed by atoms with Crippen LogP contribution in [0.1, 0.15) is 6.42 Å². The molecule has 0 radical (unpaired) electrons. The van der Waals surface area contributed by atoms with E-state index in [-0.39, 0.29) is 6.61 Å². The molecule has 1 aliphatic heterocycles. The van der Waals surface area contributed by atoms with Gasteiger partial charge in [-0.3, -0.25) is 4.99 Å². The molecule has 0 saturated heterocycles. The predicted molar refractivity (Wildman–Crippen MR) is 36.4 cm³/mol. The lowest BCUT2D eigenvalue weighted by atomic mass is 10.4. The van der Waals surface area contributed by atoms with Crippen LogP contribution in [-0.4, -0.2) is 21.5 Å². The van der Waals surface area contributed by atoms with E-state index in [1.807, 2.05) is 0 Å². The van der Waals surface area contributed by atoms with Crippen molar-refractivity contribution in [1.29, 1.82) is 0 Å². The fraction of sp³-hybridized carbons (Fsp3) is 0.400. The van der Waals surface area contributed by atoms with Crippen LogP contribution in [0, 0.1) is 0 Å². The molecule has 50 valence electrons. The summed E-state index contributed by atoms with van der Waals surface area (Å²) < 4.78 is 10.7. The molecule has 9 heavy (non-hydrogen) atoms. The van der Waals surface area contributed by atoms with Crippen LogP contribution in [0.15, 0.2) is 16.1 Å². The van der Waals surface area contributed by atoms with E-state index in [0.29, 0.717) is 11.3 Å². The smallest absolute Gasteiger partial charge is 0.0955 e. The molecule has 3 nitrogen and oxygen atoms in total. The summed E-state index contributed by atoms with van der Waals surface area (Å²) in [6, 6.07) is 0. The van der Waals surface area contributed by atoms with Gasteiger partial charge in [-0.25, -0.2) is 4.21 Å². The third-order valence-electron chi connectivity index (χ3n) is 0.992. The van der Waals surface area contributed by atoms with Gasteiger partial charge < -0.3 is 5.11 Å². The maximum atomic E-state index is 10.7. The van der Waals surface area contributed by atoms with Gasteiger partial charge in [-0.1, -0.05) is 0 Å². The van der Waals surface area contributed by atoms with Crippen molar-refractivity contribution in [2.45, 2.75) is 6.42 Å². The molecular weight excluding hydrogens is 138 g/mol. The largest absolute Gasteiger partial charge is 0.396 e. The molecule has 1 unspecified atom stereocenters. The van der Waals surface area contributed by atoms with Gasteiger partial charge in [-0.05, 0) is 0 Å². The standard InChI is InChI=1S/C5H7NO2S/c7-2-1-5-3-6-4-9(5)8/h3-4,7H,1-2H2. The van der Waals surface area contributed by atoms with Crippen LogP contribution in [-0.2, 0) is 10.8 Å². The van der Waals surface area contributed by atoms with E-state index in [4.69, 9.17) is 5.11 Å². The minimum Gasteiger partial charge on any atom is -0.396 e. The first-order chi connectivity index (χ1) is 4.34. The Kier molecular flexibility index (Phi) is 2.13. The van der Waals surface area contributed by atoms with Crippen LogP contribution >= 0.6 is 0 Å². The SMILES string of the molecule is O=S1C=NC=C1CCO. The molecule has 0 aromatic rings. The highest BCUT2D eigenvalue weighted by atomic mass is 32.2. The second-order valence-corrected chi connectivity index (χ2v) is 2.95. The zero-order valence-corrected chi connectivity index (χ0v) is 5.60. The van der Waals surface area contributed by atoms with Crippen molar-refractivity contribution in [3.05, 3.63) is 11.1 Å². The summed E-state index contributed by atoms with van der Waals surface area (Å²) in [5.41, 5.74) is 1.37. The first-order valence-electron chi connectivity index (χ1n) is 2.58. The third-order valence-corrected chi connectivity index (χ3v) is 2.13. The maximum Gasteiger partial charge on any atom is 0.0955 e. The molecule has 4 heteroatoms. The second-order valence-electron chi connectivity index (χ2n) is 1.62. The van der Waals surface area contributed by atoms with Gasteiger partial charge in [0.05, 0.1) is 16.3 Å². The van der Waals surface area contributed by atoms with Gasteiger partial charge in [0.1, 0.15) is 0 Å². The lowest BCUT2D eigenvalue weighted by Gasteiger charge is -1.91. The average molecular weight is 145 g/mol. The number of aliphatic hydroxyl groups is 1. The van der Waals surface area contributed by atoms with Crippen LogP contribution in [0.4, 0.5) is 0 Å². The zero-order chi connectivity index (χ0) is 6.69. The zero-order valence-electron chi connectivity index (χ0n) is 4.78. The summed E-state index contributed by atoms with van der Waals surface area (Å²) >= 11 is 0. The Morgan fingerprint density at radius 1 is 1.78 bits per heavy atom. The molecule has 1 heterocycles. The molecular formula is C5H7NO2S. The fourth-order valence-corrected chi connectivity index (χ4v) is 1.33. The summed E-state index contributed by atoms with van der Waals surface area (Å²) in [6.07, 6.45) is 2.00. The Hall–Kier alpha value is -0.480. The van der Waals surface area contributed by atoms with Gasteiger partial charge in [0, 0.05) is 24.1 Å². The number of nitrogens with zero attached hydrogens (tertiary/aromatic N) is 1. The molecule has 1 N–H and O–H groups in total. The number of hydrogen-bond donors (Lipinski definition) is 1. The van der Waals surface area contributed by atoms with Crippen molar-refractivity contribution >= 4 is 16.3 Å². The lowest BCUT2D eigenvalue weighted by Crippen LogP contribution is -1.93. The molecule has 0 fully saturated rings. The first kappa shape index (κ1) is 6.64. The van der Waals surface area contributed by atoms with Gasteiger partial charge in [0.15, 0.2) is 0 Å². The Balaban J connectivity index is 2.54. The topological polar surface area (TPSA) is 49.7 Å². The molecule has 0 spiro atoms. The van der Waals surface area contributed by atoms with E-state index in [1.54, 1.807) is 0 Å². The highest BCUT2D eigenvalue weighted by molar-refractivity contribution is 8.02. The number of aliphatic hydroxyl groups excluding tert-OH is 1. The quantitative estimate of drug-likeness (QED) is 0.594. The van der Waals surface area contributed by atoms with Crippen molar-refractivity contribution < 1.29 is 9.32 Å². The van der Waals surface area contributed by atoms with E-state index in [1.165, 1.54) is 11.7 Å². The van der Waals surface area contributed by atoms with Gasteiger partial charge in [-0.2, -0.15) is 0 Å². The number of aliphatic imine (C=N–C) groups is 1. The summed E-state index contributed by atoms with van der Waals surface area (Å²) in [5, 5.41) is 8.41. The van der Waals surface area contributed by atoms with E-state index in [0.717, 1.165) is 0 Å². The van der Waals surface area contributed by atoms with Crippen LogP contribution in [0.5, 0.6) is 0 Å². The van der Waals surface area contributed by atoms with Gasteiger partial charge in [0.2, 0.25) is 0 Å². The lowest BCUT2D eigenvalue weighted by molar-refractivity contribution is 0.301. The van der Waals surface area contributed by atoms with E-state index in [2.05, 4.69) is 4.99 Å². The van der Waals surface area contributed by atoms with E-state index < -0.39 is 10.8 Å². The molecule has 0 saturated carbocycles. The normalized spacial score (nSPS) is 24.6. The molecule has 0 aliphatic carbocycles. The molecule has 1 atom stereocenters. The molecule has 0 aromatic carbocycles. The van der Waals surface area contributed by atoms with E-state index in [9.17, 15) is 4.21 Å². The second kappa shape index (κ2) is 2.89. The monoisotopic (exact) mass is 145 g/mol. The van der Waals surface area contributed by atoms with Crippen molar-refractivity contribution in [2.24, 2.45) is 4.99 Å². The van der Waals surface area contributed by atoms with Crippen molar-refractivity contribution in [2.75, 3.05) is 6.61 Å². The van der Waals surface area contributed by atoms with Gasteiger partial charge >= 0.3 is 0 Å². The van der Waals surface area contributed by atoms with Gasteiger partial charge in [-0.15, -0.1) is 0 Å². The Labute approximate surface area is 55.6 Å². The van der Waals surface area contributed by atoms with Crippen LogP contribution in [0.3, 0.4) is 0 Å². The molecule has 0 amide bonds. The summed E-state index contributed by atoms with van der Waals surface area (Å²) in [4.78, 5) is 4.37. The Morgan fingerprint density at radius 2 is 2.56 bits per heavy atom. The Bertz CT molecular complexity index is 185. The summed E-state index contributed by atoms with van der Waals surface area (Å²) in [7, 11) is -1.05. The molecule has 1 rings (SSSR count). The van der Waals surface area contributed by atoms with E-state index >= 15 is 0 Å². The van der Waals surface area contributed by atoms with Crippen molar-refractivity contribution in [1.82, 2.24) is 0 Å². The maximum absolute atomic E-state index is 10.7. The number of rotatable bonds is 2. The molecule has 1 aliphatic rings. The fourth-order valence-electron chi connectivity index (χ4n) is 0.564. The average Bonchev–Trinajstić information content (AvgIpc) is 2.18. The van der Waals surface area contributed by atoms with Crippen LogP contribution in [0.25, 0.3) is 0 Å². The third kappa shape index (κ3) is 1.46. The molecule has 0 aromatic heterocycles. The highest BCUT2D eigenvalue weighted by Gasteiger charge is 2.07. The molecule has 0 bridgehead atoms. The van der Waals surface area contributed by atoms with Crippen LogP contribution < -0.4 is 0 Å². The first-order valence-corrected chi connectivity index (χ1v) is 3.79. The minimum absolute atomic E-state index is 0.0426. The Morgan fingerprint density at radius 3 is 3.00 bits per heavy atom. The van der Waals surface area contributed by atoms with Crippen molar-refractivity contribution in [3.8, 4) is 0 Å². The van der Waals surface area contributed by atoms with Crippen LogP contribution in [0.2, 0.25) is 0 Å². The van der Waals surface area contributed by atoms with Crippen molar-refractivity contribution in [3.63, 3.8) is 0 Å².